The van der Waals surface area contributed by atoms with Gasteiger partial charge in [0.15, 0.2) is 0 Å². The standard InChI is InChI=1S/C14H12ClNOS2/c1-17-10-3-2-8(6-9(10)15)14(16)13-7-12-11(19-13)4-5-18-12/h2-7,14H,16H2,1H3. The highest BCUT2D eigenvalue weighted by atomic mass is 35.5. The molecule has 3 rings (SSSR count). The summed E-state index contributed by atoms with van der Waals surface area (Å²) >= 11 is 9.62. The molecule has 3 aromatic rings. The Labute approximate surface area is 124 Å². The molecule has 98 valence electrons. The van der Waals surface area contributed by atoms with Gasteiger partial charge in [-0.3, -0.25) is 0 Å². The summed E-state index contributed by atoms with van der Waals surface area (Å²) in [4.78, 5) is 1.16. The van der Waals surface area contributed by atoms with E-state index in [0.29, 0.717) is 10.8 Å². The lowest BCUT2D eigenvalue weighted by molar-refractivity contribution is 0.415. The van der Waals surface area contributed by atoms with Crippen LogP contribution in [-0.4, -0.2) is 7.11 Å². The van der Waals surface area contributed by atoms with Crippen molar-refractivity contribution in [2.45, 2.75) is 6.04 Å². The Hall–Kier alpha value is -1.07. The lowest BCUT2D eigenvalue weighted by Gasteiger charge is -2.12. The molecule has 1 aromatic carbocycles. The summed E-state index contributed by atoms with van der Waals surface area (Å²) in [6.07, 6.45) is 0. The molecule has 0 aliphatic heterocycles. The number of nitrogens with two attached hydrogens (primary N) is 1. The van der Waals surface area contributed by atoms with Crippen LogP contribution in [0.25, 0.3) is 9.40 Å². The van der Waals surface area contributed by atoms with E-state index in [4.69, 9.17) is 22.1 Å². The maximum Gasteiger partial charge on any atom is 0.137 e. The summed E-state index contributed by atoms with van der Waals surface area (Å²) < 4.78 is 7.73. The van der Waals surface area contributed by atoms with E-state index in [2.05, 4.69) is 17.5 Å². The van der Waals surface area contributed by atoms with Gasteiger partial charge in [0.1, 0.15) is 5.75 Å². The molecule has 2 aromatic heterocycles. The molecule has 0 saturated heterocycles. The minimum atomic E-state index is -0.145. The van der Waals surface area contributed by atoms with Crippen LogP contribution in [0.15, 0.2) is 35.7 Å². The highest BCUT2D eigenvalue weighted by Gasteiger charge is 2.14. The molecule has 2 nitrogen and oxygen atoms in total. The third-order valence-corrected chi connectivity index (χ3v) is 5.47. The van der Waals surface area contributed by atoms with E-state index in [0.717, 1.165) is 10.4 Å². The number of hydrogen-bond donors (Lipinski definition) is 1. The van der Waals surface area contributed by atoms with Gasteiger partial charge >= 0.3 is 0 Å². The Kier molecular flexibility index (Phi) is 3.50. The normalized spacial score (nSPS) is 12.8. The zero-order chi connectivity index (χ0) is 13.4. The van der Waals surface area contributed by atoms with Gasteiger partial charge in [0.25, 0.3) is 0 Å². The average molecular weight is 310 g/mol. The molecular formula is C14H12ClNOS2. The minimum Gasteiger partial charge on any atom is -0.495 e. The van der Waals surface area contributed by atoms with Gasteiger partial charge in [-0.25, -0.2) is 0 Å². The van der Waals surface area contributed by atoms with Gasteiger partial charge in [0, 0.05) is 14.3 Å². The van der Waals surface area contributed by atoms with Crippen molar-refractivity contribution in [2.75, 3.05) is 7.11 Å². The van der Waals surface area contributed by atoms with E-state index < -0.39 is 0 Å². The van der Waals surface area contributed by atoms with Crippen molar-refractivity contribution < 1.29 is 4.74 Å². The molecule has 2 heterocycles. The van der Waals surface area contributed by atoms with Crippen LogP contribution in [0, 0.1) is 0 Å². The molecule has 0 fully saturated rings. The summed E-state index contributed by atoms with van der Waals surface area (Å²) in [5.41, 5.74) is 7.32. The van der Waals surface area contributed by atoms with E-state index >= 15 is 0 Å². The molecule has 0 aliphatic carbocycles. The van der Waals surface area contributed by atoms with Crippen molar-refractivity contribution >= 4 is 43.7 Å². The predicted molar refractivity (Wildman–Crippen MR) is 83.7 cm³/mol. The third-order valence-electron chi connectivity index (χ3n) is 3.00. The lowest BCUT2D eigenvalue weighted by Crippen LogP contribution is -2.10. The van der Waals surface area contributed by atoms with Crippen LogP contribution in [0.4, 0.5) is 0 Å². The maximum atomic E-state index is 6.32. The Bertz CT molecular complexity index is 691. The van der Waals surface area contributed by atoms with Crippen molar-refractivity contribution in [1.82, 2.24) is 0 Å². The van der Waals surface area contributed by atoms with Gasteiger partial charge in [-0.1, -0.05) is 17.7 Å². The molecule has 0 saturated carbocycles. The monoisotopic (exact) mass is 309 g/mol. The second-order valence-corrected chi connectivity index (χ2v) is 6.64. The third kappa shape index (κ3) is 2.37. The summed E-state index contributed by atoms with van der Waals surface area (Å²) in [7, 11) is 1.61. The van der Waals surface area contributed by atoms with Crippen molar-refractivity contribution in [2.24, 2.45) is 5.73 Å². The van der Waals surface area contributed by atoms with E-state index in [1.807, 2.05) is 18.2 Å². The smallest absolute Gasteiger partial charge is 0.137 e. The number of rotatable bonds is 3. The largest absolute Gasteiger partial charge is 0.495 e. The first kappa shape index (κ1) is 12.9. The van der Waals surface area contributed by atoms with E-state index in [1.54, 1.807) is 29.8 Å². The Morgan fingerprint density at radius 1 is 1.21 bits per heavy atom. The molecule has 1 unspecified atom stereocenters. The van der Waals surface area contributed by atoms with Crippen LogP contribution in [0.3, 0.4) is 0 Å². The fourth-order valence-corrected chi connectivity index (χ4v) is 4.39. The molecule has 5 heteroatoms. The predicted octanol–water partition coefficient (Wildman–Crippen LogP) is 4.67. The summed E-state index contributed by atoms with van der Waals surface area (Å²) in [5, 5.41) is 2.69. The molecule has 1 atom stereocenters. The topological polar surface area (TPSA) is 35.2 Å². The Morgan fingerprint density at radius 3 is 2.74 bits per heavy atom. The molecule has 19 heavy (non-hydrogen) atoms. The molecule has 0 amide bonds. The summed E-state index contributed by atoms with van der Waals surface area (Å²) in [5.74, 6) is 0.671. The fourth-order valence-electron chi connectivity index (χ4n) is 1.98. The van der Waals surface area contributed by atoms with Gasteiger partial charge in [0.05, 0.1) is 18.2 Å². The minimum absolute atomic E-state index is 0.145. The van der Waals surface area contributed by atoms with Crippen LogP contribution >= 0.6 is 34.3 Å². The first-order valence-corrected chi connectivity index (χ1v) is 7.82. The molecule has 2 N–H and O–H groups in total. The average Bonchev–Trinajstić information content (AvgIpc) is 2.98. The van der Waals surface area contributed by atoms with Gasteiger partial charge in [-0.2, -0.15) is 0 Å². The lowest BCUT2D eigenvalue weighted by atomic mass is 10.1. The highest BCUT2D eigenvalue weighted by Crippen LogP contribution is 2.36. The highest BCUT2D eigenvalue weighted by molar-refractivity contribution is 7.27. The molecule has 0 spiro atoms. The number of fused-ring (bicyclic) bond motifs is 1. The van der Waals surface area contributed by atoms with Gasteiger partial charge in [-0.05, 0) is 35.2 Å². The van der Waals surface area contributed by atoms with Crippen LogP contribution in [0.5, 0.6) is 5.75 Å². The maximum absolute atomic E-state index is 6.32. The zero-order valence-electron chi connectivity index (χ0n) is 10.2. The number of hydrogen-bond acceptors (Lipinski definition) is 4. The molecule has 0 bridgehead atoms. The van der Waals surface area contributed by atoms with Gasteiger partial charge in [-0.15, -0.1) is 22.7 Å². The number of halogens is 1. The van der Waals surface area contributed by atoms with Crippen LogP contribution < -0.4 is 10.5 Å². The first-order chi connectivity index (χ1) is 9.19. The van der Waals surface area contributed by atoms with Crippen molar-refractivity contribution in [1.29, 1.82) is 0 Å². The van der Waals surface area contributed by atoms with Crippen molar-refractivity contribution in [3.05, 3.63) is 51.2 Å². The quantitative estimate of drug-likeness (QED) is 0.763. The number of thiophene rings is 2. The molecule has 0 radical (unpaired) electrons. The first-order valence-electron chi connectivity index (χ1n) is 5.75. The summed E-state index contributed by atoms with van der Waals surface area (Å²) in [6, 6.07) is 9.83. The van der Waals surface area contributed by atoms with Crippen LogP contribution in [0.1, 0.15) is 16.5 Å². The van der Waals surface area contributed by atoms with Crippen LogP contribution in [-0.2, 0) is 0 Å². The van der Waals surface area contributed by atoms with E-state index in [9.17, 15) is 0 Å². The van der Waals surface area contributed by atoms with Crippen molar-refractivity contribution in [3.8, 4) is 5.75 Å². The zero-order valence-corrected chi connectivity index (χ0v) is 12.6. The molecule has 0 aliphatic rings. The van der Waals surface area contributed by atoms with E-state index in [-0.39, 0.29) is 6.04 Å². The van der Waals surface area contributed by atoms with E-state index in [1.165, 1.54) is 9.40 Å². The van der Waals surface area contributed by atoms with Gasteiger partial charge in [0.2, 0.25) is 0 Å². The molecular weight excluding hydrogens is 298 g/mol. The second-order valence-electron chi connectivity index (χ2n) is 4.17. The second kappa shape index (κ2) is 5.13. The van der Waals surface area contributed by atoms with Gasteiger partial charge < -0.3 is 10.5 Å². The number of methoxy groups -OCH3 is 1. The SMILES string of the molecule is COc1ccc(C(N)c2cc3sccc3s2)cc1Cl. The Morgan fingerprint density at radius 2 is 2.05 bits per heavy atom. The Balaban J connectivity index is 1.96. The number of benzene rings is 1. The number of ether oxygens (including phenoxy) is 1. The van der Waals surface area contributed by atoms with Crippen molar-refractivity contribution in [3.63, 3.8) is 0 Å². The summed E-state index contributed by atoms with van der Waals surface area (Å²) in [6.45, 7) is 0. The van der Waals surface area contributed by atoms with Crippen LogP contribution in [0.2, 0.25) is 5.02 Å². The fraction of sp³-hybridized carbons (Fsp3) is 0.143.